The van der Waals surface area contributed by atoms with Crippen LogP contribution >= 0.6 is 0 Å². The Balaban J connectivity index is 1.21. The van der Waals surface area contributed by atoms with Crippen molar-refractivity contribution in [3.05, 3.63) is 53.7 Å². The molecule has 12 heteroatoms. The fraction of sp³-hybridized carbons (Fsp3) is 0.273. The van der Waals surface area contributed by atoms with Gasteiger partial charge in [-0.3, -0.25) is 4.79 Å². The number of carbonyl (C=O) groups excluding carboxylic acids is 1. The number of oxazole rings is 1. The normalized spacial score (nSPS) is 13.8. The van der Waals surface area contributed by atoms with Crippen molar-refractivity contribution in [2.45, 2.75) is 13.5 Å². The van der Waals surface area contributed by atoms with E-state index in [1.807, 2.05) is 11.0 Å². The van der Waals surface area contributed by atoms with E-state index in [2.05, 4.69) is 20.4 Å². The van der Waals surface area contributed by atoms with Gasteiger partial charge in [0.25, 0.3) is 5.89 Å². The third-order valence-electron chi connectivity index (χ3n) is 5.51. The number of aryl methyl sites for hydroxylation is 1. The Morgan fingerprint density at radius 2 is 2.06 bits per heavy atom. The molecule has 4 aromatic rings. The third kappa shape index (κ3) is 4.11. The fourth-order valence-corrected chi connectivity index (χ4v) is 3.69. The van der Waals surface area contributed by atoms with Crippen LogP contribution in [-0.4, -0.2) is 62.2 Å². The highest BCUT2D eigenvalue weighted by Gasteiger charge is 2.27. The molecule has 5 rings (SSSR count). The fourth-order valence-electron chi connectivity index (χ4n) is 3.69. The Kier molecular flexibility index (Phi) is 5.51. The lowest BCUT2D eigenvalue weighted by Crippen LogP contribution is -2.49. The predicted molar refractivity (Wildman–Crippen MR) is 116 cm³/mol. The monoisotopic (exact) mass is 462 g/mol. The van der Waals surface area contributed by atoms with Crippen molar-refractivity contribution in [2.75, 3.05) is 31.1 Å². The summed E-state index contributed by atoms with van der Waals surface area (Å²) in [6.07, 6.45) is 1.50. The van der Waals surface area contributed by atoms with Crippen molar-refractivity contribution < 1.29 is 18.0 Å². The smallest absolute Gasteiger partial charge is 0.266 e. The molecule has 4 heterocycles. The van der Waals surface area contributed by atoms with Crippen LogP contribution in [0.3, 0.4) is 0 Å². The largest absolute Gasteiger partial charge is 0.459 e. The van der Waals surface area contributed by atoms with Gasteiger partial charge in [-0.2, -0.15) is 15.0 Å². The van der Waals surface area contributed by atoms with Gasteiger partial charge < -0.3 is 18.6 Å². The number of hydrogen-bond donors (Lipinski definition) is 0. The number of tetrazole rings is 1. The van der Waals surface area contributed by atoms with E-state index in [0.29, 0.717) is 54.8 Å². The molecule has 0 radical (unpaired) electrons. The summed E-state index contributed by atoms with van der Waals surface area (Å²) in [6, 6.07) is 10.0. The molecule has 0 unspecified atom stereocenters. The van der Waals surface area contributed by atoms with Gasteiger partial charge in [0.1, 0.15) is 18.4 Å². The molecule has 0 aliphatic carbocycles. The molecule has 1 aliphatic rings. The van der Waals surface area contributed by atoms with E-state index < -0.39 is 0 Å². The van der Waals surface area contributed by atoms with Crippen molar-refractivity contribution in [1.82, 2.24) is 30.1 Å². The number of nitrogens with zero attached hydrogens (tertiary/aromatic N) is 8. The van der Waals surface area contributed by atoms with Crippen molar-refractivity contribution in [3.63, 3.8) is 0 Å². The quantitative estimate of drug-likeness (QED) is 0.438. The van der Waals surface area contributed by atoms with Gasteiger partial charge in [-0.1, -0.05) is 0 Å². The number of aromatic nitrogens is 5. The van der Waals surface area contributed by atoms with Crippen LogP contribution in [0.1, 0.15) is 11.3 Å². The summed E-state index contributed by atoms with van der Waals surface area (Å²) in [5.41, 5.74) is 1.27. The Morgan fingerprint density at radius 1 is 1.24 bits per heavy atom. The minimum Gasteiger partial charge on any atom is -0.459 e. The second-order valence-corrected chi connectivity index (χ2v) is 7.74. The molecule has 0 atom stereocenters. The average Bonchev–Trinajstić information content (AvgIpc) is 3.61. The SMILES string of the molecule is Cc1cc(-c2nnn(CC(=O)N3CCN(c4oc(-c5ccco5)nc4C#N)CC3)n2)ccc1F. The Morgan fingerprint density at radius 3 is 2.76 bits per heavy atom. The topological polar surface area (TPSA) is 130 Å². The van der Waals surface area contributed by atoms with Crippen LogP contribution in [0.15, 0.2) is 45.4 Å². The second kappa shape index (κ2) is 8.78. The van der Waals surface area contributed by atoms with E-state index in [4.69, 9.17) is 8.83 Å². The number of amides is 1. The zero-order chi connectivity index (χ0) is 23.7. The lowest BCUT2D eigenvalue weighted by atomic mass is 10.1. The van der Waals surface area contributed by atoms with E-state index in [0.717, 1.165) is 0 Å². The van der Waals surface area contributed by atoms with Crippen molar-refractivity contribution >= 4 is 11.8 Å². The zero-order valence-corrected chi connectivity index (χ0v) is 18.2. The first-order chi connectivity index (χ1) is 16.5. The minimum absolute atomic E-state index is 0.0679. The van der Waals surface area contributed by atoms with Gasteiger partial charge in [-0.15, -0.1) is 10.2 Å². The van der Waals surface area contributed by atoms with Gasteiger partial charge in [0.05, 0.1) is 6.26 Å². The highest BCUT2D eigenvalue weighted by atomic mass is 19.1. The number of hydrogen-bond acceptors (Lipinski definition) is 9. The molecule has 3 aromatic heterocycles. The van der Waals surface area contributed by atoms with Crippen LogP contribution < -0.4 is 4.90 Å². The van der Waals surface area contributed by atoms with E-state index in [9.17, 15) is 14.4 Å². The molecular weight excluding hydrogens is 443 g/mol. The first-order valence-electron chi connectivity index (χ1n) is 10.5. The second-order valence-electron chi connectivity index (χ2n) is 7.74. The maximum Gasteiger partial charge on any atom is 0.266 e. The van der Waals surface area contributed by atoms with Gasteiger partial charge in [0, 0.05) is 31.7 Å². The highest BCUT2D eigenvalue weighted by Crippen LogP contribution is 2.29. The van der Waals surface area contributed by atoms with Gasteiger partial charge >= 0.3 is 0 Å². The van der Waals surface area contributed by atoms with Gasteiger partial charge in [-0.05, 0) is 48.0 Å². The minimum atomic E-state index is -0.310. The number of furan rings is 1. The summed E-state index contributed by atoms with van der Waals surface area (Å²) in [4.78, 5) is 21.8. The van der Waals surface area contributed by atoms with Crippen LogP contribution in [0.5, 0.6) is 0 Å². The van der Waals surface area contributed by atoms with Crippen molar-refractivity contribution in [1.29, 1.82) is 5.26 Å². The number of anilines is 1. The molecule has 1 aromatic carbocycles. The van der Waals surface area contributed by atoms with Crippen LogP contribution in [0.4, 0.5) is 10.3 Å². The van der Waals surface area contributed by atoms with Crippen LogP contribution in [0.25, 0.3) is 23.0 Å². The first-order valence-corrected chi connectivity index (χ1v) is 10.5. The number of nitriles is 1. The highest BCUT2D eigenvalue weighted by molar-refractivity contribution is 5.76. The summed E-state index contributed by atoms with van der Waals surface area (Å²) in [5.74, 6) is 0.884. The van der Waals surface area contributed by atoms with Crippen LogP contribution in [-0.2, 0) is 11.3 Å². The maximum absolute atomic E-state index is 13.5. The molecule has 0 N–H and O–H groups in total. The average molecular weight is 462 g/mol. The van der Waals surface area contributed by atoms with E-state index in [1.165, 1.54) is 17.1 Å². The summed E-state index contributed by atoms with van der Waals surface area (Å²) in [5, 5.41) is 21.6. The van der Waals surface area contributed by atoms with E-state index >= 15 is 0 Å². The van der Waals surface area contributed by atoms with Gasteiger partial charge in [0.2, 0.25) is 23.3 Å². The Bertz CT molecular complexity index is 1360. The van der Waals surface area contributed by atoms with Gasteiger partial charge in [0.15, 0.2) is 5.76 Å². The summed E-state index contributed by atoms with van der Waals surface area (Å²) >= 11 is 0. The number of benzene rings is 1. The van der Waals surface area contributed by atoms with E-state index in [-0.39, 0.29) is 29.9 Å². The zero-order valence-electron chi connectivity index (χ0n) is 18.2. The molecule has 0 bridgehead atoms. The van der Waals surface area contributed by atoms with Crippen molar-refractivity contribution in [3.8, 4) is 29.1 Å². The summed E-state index contributed by atoms with van der Waals surface area (Å²) in [7, 11) is 0. The summed E-state index contributed by atoms with van der Waals surface area (Å²) < 4.78 is 24.6. The number of carbonyl (C=O) groups is 1. The molecule has 1 saturated heterocycles. The molecule has 0 spiro atoms. The number of halogens is 1. The molecule has 34 heavy (non-hydrogen) atoms. The molecular formula is C22H19FN8O3. The molecule has 1 aliphatic heterocycles. The standard InChI is InChI=1S/C22H19FN8O3/c1-14-11-15(4-5-16(14)23)20-26-28-31(27-20)13-19(32)29-6-8-30(9-7-29)22-17(12-24)25-21(34-22)18-3-2-10-33-18/h2-5,10-11H,6-9,13H2,1H3. The number of piperazine rings is 1. The molecule has 0 saturated carbocycles. The molecule has 172 valence electrons. The van der Waals surface area contributed by atoms with Crippen molar-refractivity contribution in [2.24, 2.45) is 0 Å². The Labute approximate surface area is 193 Å². The number of rotatable bonds is 5. The first kappa shape index (κ1) is 21.3. The Hall–Kier alpha value is -4.53. The lowest BCUT2D eigenvalue weighted by Gasteiger charge is -2.34. The maximum atomic E-state index is 13.5. The van der Waals surface area contributed by atoms with E-state index in [1.54, 1.807) is 36.1 Å². The van der Waals surface area contributed by atoms with Crippen LogP contribution in [0, 0.1) is 24.1 Å². The molecule has 1 fully saturated rings. The summed E-state index contributed by atoms with van der Waals surface area (Å²) in [6.45, 7) is 3.39. The molecule has 1 amide bonds. The lowest BCUT2D eigenvalue weighted by molar-refractivity contribution is -0.132. The van der Waals surface area contributed by atoms with Gasteiger partial charge in [-0.25, -0.2) is 4.39 Å². The van der Waals surface area contributed by atoms with Crippen LogP contribution in [0.2, 0.25) is 0 Å². The predicted octanol–water partition coefficient (Wildman–Crippen LogP) is 2.26. The third-order valence-corrected chi connectivity index (χ3v) is 5.51. The molecule has 11 nitrogen and oxygen atoms in total.